The normalized spacial score (nSPS) is 11.3. The van der Waals surface area contributed by atoms with E-state index in [0.717, 1.165) is 23.4 Å². The van der Waals surface area contributed by atoms with Crippen LogP contribution in [0.3, 0.4) is 0 Å². The topological polar surface area (TPSA) is 84.5 Å². The number of carbonyl (C=O) groups excluding carboxylic acids is 1. The van der Waals surface area contributed by atoms with Crippen molar-refractivity contribution in [3.63, 3.8) is 0 Å². The zero-order chi connectivity index (χ0) is 24.0. The van der Waals surface area contributed by atoms with Gasteiger partial charge in [-0.3, -0.25) is 9.52 Å². The van der Waals surface area contributed by atoms with Crippen molar-refractivity contribution in [1.29, 1.82) is 0 Å². The van der Waals surface area contributed by atoms with E-state index < -0.39 is 26.6 Å². The van der Waals surface area contributed by atoms with Crippen molar-refractivity contribution in [2.45, 2.75) is 31.3 Å². The van der Waals surface area contributed by atoms with Gasteiger partial charge in [0.25, 0.3) is 15.9 Å². The van der Waals surface area contributed by atoms with Gasteiger partial charge in [-0.15, -0.1) is 0 Å². The third-order valence-electron chi connectivity index (χ3n) is 4.60. The summed E-state index contributed by atoms with van der Waals surface area (Å²) in [6, 6.07) is 15.7. The van der Waals surface area contributed by atoms with Gasteiger partial charge in [-0.25, -0.2) is 17.2 Å². The fourth-order valence-electron chi connectivity index (χ4n) is 2.98. The molecule has 1 amide bonds. The lowest BCUT2D eigenvalue weighted by atomic mass is 10.1. The van der Waals surface area contributed by atoms with Crippen LogP contribution in [0.25, 0.3) is 0 Å². The van der Waals surface area contributed by atoms with Crippen LogP contribution >= 0.6 is 0 Å². The first-order valence-electron chi connectivity index (χ1n) is 10.3. The second kappa shape index (κ2) is 10.4. The minimum absolute atomic E-state index is 0.0998. The standard InChI is InChI=1S/C24H24F2N2O4S/c1-16(2)32-20-9-3-17(4-10-20)13-14-27-24(29)18-5-7-19(8-6-18)28-33(30,31)21-11-12-22(25)23(26)15-21/h3-12,15-16,28H,13-14H2,1-2H3,(H,27,29). The van der Waals surface area contributed by atoms with Crippen molar-refractivity contribution in [2.75, 3.05) is 11.3 Å². The van der Waals surface area contributed by atoms with Gasteiger partial charge in [0.2, 0.25) is 0 Å². The van der Waals surface area contributed by atoms with Crippen LogP contribution in [-0.2, 0) is 16.4 Å². The van der Waals surface area contributed by atoms with Crippen LogP contribution in [-0.4, -0.2) is 27.0 Å². The van der Waals surface area contributed by atoms with Crippen LogP contribution in [0.2, 0.25) is 0 Å². The van der Waals surface area contributed by atoms with Gasteiger partial charge in [-0.1, -0.05) is 12.1 Å². The minimum atomic E-state index is -4.11. The van der Waals surface area contributed by atoms with Gasteiger partial charge in [0.05, 0.1) is 11.0 Å². The Hall–Kier alpha value is -3.46. The molecule has 9 heteroatoms. The van der Waals surface area contributed by atoms with Crippen LogP contribution in [0.4, 0.5) is 14.5 Å². The van der Waals surface area contributed by atoms with E-state index in [-0.39, 0.29) is 17.7 Å². The molecule has 0 radical (unpaired) electrons. The number of sulfonamides is 1. The smallest absolute Gasteiger partial charge is 0.261 e. The molecular weight excluding hydrogens is 450 g/mol. The maximum absolute atomic E-state index is 13.3. The average Bonchev–Trinajstić information content (AvgIpc) is 2.76. The van der Waals surface area contributed by atoms with Gasteiger partial charge in [0.1, 0.15) is 5.75 Å². The zero-order valence-corrected chi connectivity index (χ0v) is 19.0. The van der Waals surface area contributed by atoms with E-state index in [2.05, 4.69) is 10.0 Å². The molecular formula is C24H24F2N2O4S. The fraction of sp³-hybridized carbons (Fsp3) is 0.208. The first-order chi connectivity index (χ1) is 15.6. The molecule has 0 unspecified atom stereocenters. The first-order valence-corrected chi connectivity index (χ1v) is 11.7. The van der Waals surface area contributed by atoms with Crippen LogP contribution in [0.15, 0.2) is 71.6 Å². The summed E-state index contributed by atoms with van der Waals surface area (Å²) in [6.45, 7) is 4.34. The summed E-state index contributed by atoms with van der Waals surface area (Å²) in [7, 11) is -4.11. The molecule has 174 valence electrons. The molecule has 3 rings (SSSR count). The Balaban J connectivity index is 1.54. The molecule has 0 aliphatic heterocycles. The lowest BCUT2D eigenvalue weighted by Crippen LogP contribution is -2.25. The SMILES string of the molecule is CC(C)Oc1ccc(CCNC(=O)c2ccc(NS(=O)(=O)c3ccc(F)c(F)c3)cc2)cc1. The quantitative estimate of drug-likeness (QED) is 0.477. The molecule has 0 saturated carbocycles. The molecule has 0 atom stereocenters. The lowest BCUT2D eigenvalue weighted by molar-refractivity contribution is 0.0954. The number of benzene rings is 3. The average molecular weight is 475 g/mol. The predicted molar refractivity (Wildman–Crippen MR) is 122 cm³/mol. The van der Waals surface area contributed by atoms with Crippen LogP contribution in [0, 0.1) is 11.6 Å². The summed E-state index contributed by atoms with van der Waals surface area (Å²) in [5.74, 6) is -1.91. The van der Waals surface area contributed by atoms with Crippen molar-refractivity contribution >= 4 is 21.6 Å². The van der Waals surface area contributed by atoms with Gasteiger partial charge < -0.3 is 10.1 Å². The maximum Gasteiger partial charge on any atom is 0.261 e. The van der Waals surface area contributed by atoms with E-state index in [1.165, 1.54) is 24.3 Å². The molecule has 33 heavy (non-hydrogen) atoms. The molecule has 0 spiro atoms. The van der Waals surface area contributed by atoms with Gasteiger partial charge in [0, 0.05) is 17.8 Å². The van der Waals surface area contributed by atoms with E-state index in [9.17, 15) is 22.0 Å². The highest BCUT2D eigenvalue weighted by atomic mass is 32.2. The molecule has 3 aromatic rings. The van der Waals surface area contributed by atoms with Crippen LogP contribution in [0.5, 0.6) is 5.75 Å². The minimum Gasteiger partial charge on any atom is -0.491 e. The summed E-state index contributed by atoms with van der Waals surface area (Å²) in [6.07, 6.45) is 0.738. The number of anilines is 1. The summed E-state index contributed by atoms with van der Waals surface area (Å²) < 4.78 is 59.0. The molecule has 0 aromatic heterocycles. The molecule has 0 saturated heterocycles. The van der Waals surface area contributed by atoms with Crippen LogP contribution in [0.1, 0.15) is 29.8 Å². The second-order valence-corrected chi connectivity index (χ2v) is 9.26. The Morgan fingerprint density at radius 3 is 2.21 bits per heavy atom. The van der Waals surface area contributed by atoms with Gasteiger partial charge >= 0.3 is 0 Å². The van der Waals surface area contributed by atoms with Crippen LogP contribution < -0.4 is 14.8 Å². The Bertz CT molecular complexity index is 1210. The molecule has 0 fully saturated rings. The molecule has 0 aliphatic carbocycles. The third-order valence-corrected chi connectivity index (χ3v) is 5.97. The monoisotopic (exact) mass is 474 g/mol. The van der Waals surface area contributed by atoms with Gasteiger partial charge in [-0.2, -0.15) is 0 Å². The number of amides is 1. The Kier molecular flexibility index (Phi) is 7.65. The Morgan fingerprint density at radius 2 is 1.61 bits per heavy atom. The summed E-state index contributed by atoms with van der Waals surface area (Å²) in [5, 5.41) is 2.81. The van der Waals surface area contributed by atoms with Crippen molar-refractivity contribution in [3.8, 4) is 5.75 Å². The van der Waals surface area contributed by atoms with Crippen molar-refractivity contribution in [2.24, 2.45) is 0 Å². The highest BCUT2D eigenvalue weighted by Gasteiger charge is 2.17. The third kappa shape index (κ3) is 6.76. The predicted octanol–water partition coefficient (Wildman–Crippen LogP) is 4.53. The van der Waals surface area contributed by atoms with Gasteiger partial charge in [0.15, 0.2) is 11.6 Å². The highest BCUT2D eigenvalue weighted by molar-refractivity contribution is 7.92. The molecule has 0 aliphatic rings. The Labute approximate surface area is 191 Å². The number of hydrogen-bond donors (Lipinski definition) is 2. The number of ether oxygens (including phenoxy) is 1. The summed E-state index contributed by atoms with van der Waals surface area (Å²) in [5.41, 5.74) is 1.58. The molecule has 0 bridgehead atoms. The summed E-state index contributed by atoms with van der Waals surface area (Å²) >= 11 is 0. The molecule has 6 nitrogen and oxygen atoms in total. The zero-order valence-electron chi connectivity index (χ0n) is 18.1. The maximum atomic E-state index is 13.3. The van der Waals surface area contributed by atoms with Crippen molar-refractivity contribution in [1.82, 2.24) is 5.32 Å². The molecule has 3 aromatic carbocycles. The fourth-order valence-corrected chi connectivity index (χ4v) is 4.05. The largest absolute Gasteiger partial charge is 0.491 e. The van der Waals surface area contributed by atoms with E-state index in [0.29, 0.717) is 24.6 Å². The molecule has 2 N–H and O–H groups in total. The van der Waals surface area contributed by atoms with Crippen molar-refractivity contribution < 1.29 is 26.7 Å². The van der Waals surface area contributed by atoms with E-state index in [1.807, 2.05) is 38.1 Å². The second-order valence-electron chi connectivity index (χ2n) is 7.58. The van der Waals surface area contributed by atoms with E-state index in [1.54, 1.807) is 0 Å². The summed E-state index contributed by atoms with van der Waals surface area (Å²) in [4.78, 5) is 11.9. The highest BCUT2D eigenvalue weighted by Crippen LogP contribution is 2.19. The molecule has 0 heterocycles. The number of rotatable bonds is 9. The number of hydrogen-bond acceptors (Lipinski definition) is 4. The lowest BCUT2D eigenvalue weighted by Gasteiger charge is -2.11. The number of nitrogens with one attached hydrogen (secondary N) is 2. The van der Waals surface area contributed by atoms with E-state index in [4.69, 9.17) is 4.74 Å². The number of halogens is 2. The Morgan fingerprint density at radius 1 is 0.939 bits per heavy atom. The van der Waals surface area contributed by atoms with Gasteiger partial charge in [-0.05, 0) is 80.4 Å². The van der Waals surface area contributed by atoms with E-state index >= 15 is 0 Å². The first kappa shape index (κ1) is 24.2. The van der Waals surface area contributed by atoms with Crippen molar-refractivity contribution in [3.05, 3.63) is 89.5 Å². The number of carbonyl (C=O) groups is 1.